The summed E-state index contributed by atoms with van der Waals surface area (Å²) in [5.41, 5.74) is 9.26. The highest BCUT2D eigenvalue weighted by Crippen LogP contribution is 2.24. The van der Waals surface area contributed by atoms with Crippen molar-refractivity contribution in [2.24, 2.45) is 5.10 Å². The van der Waals surface area contributed by atoms with Crippen LogP contribution in [0.5, 0.6) is 0 Å². The maximum atomic E-state index is 13.0. The van der Waals surface area contributed by atoms with Gasteiger partial charge in [0.2, 0.25) is 11.6 Å². The minimum atomic E-state index is -0.776. The van der Waals surface area contributed by atoms with Crippen LogP contribution in [0.1, 0.15) is 17.4 Å². The fourth-order valence-electron chi connectivity index (χ4n) is 2.58. The fraction of sp³-hybridized carbons (Fsp3) is 0.133. The molecule has 1 amide bonds. The number of nitrogens with one attached hydrogen (secondary N) is 1. The molecule has 0 saturated heterocycles. The second-order valence-corrected chi connectivity index (χ2v) is 6.20. The van der Waals surface area contributed by atoms with E-state index in [0.717, 1.165) is 9.48 Å². The van der Waals surface area contributed by atoms with Crippen LogP contribution in [-0.2, 0) is 6.54 Å². The first-order valence-electron chi connectivity index (χ1n) is 8.79. The number of aromatic nitrogens is 9. The van der Waals surface area contributed by atoms with E-state index in [0.29, 0.717) is 11.3 Å². The maximum Gasteiger partial charge on any atom is 0.514 e. The molecule has 162 valence electrons. The molecule has 0 unspecified atom stereocenters. The summed E-state index contributed by atoms with van der Waals surface area (Å²) in [6.45, 7) is 1.51. The second-order valence-electron chi connectivity index (χ2n) is 6.20. The van der Waals surface area contributed by atoms with Crippen molar-refractivity contribution in [2.75, 3.05) is 5.73 Å². The molecule has 1 aromatic carbocycles. The largest absolute Gasteiger partial charge is 0.514 e. The average Bonchev–Trinajstić information content (AvgIpc) is 3.52. The monoisotopic (exact) mass is 439 g/mol. The first kappa shape index (κ1) is 20.2. The molecule has 0 atom stereocenters. The van der Waals surface area contributed by atoms with Crippen molar-refractivity contribution in [3.8, 4) is 17.1 Å². The van der Waals surface area contributed by atoms with Crippen molar-refractivity contribution < 1.29 is 14.3 Å². The van der Waals surface area contributed by atoms with Gasteiger partial charge in [0.05, 0.1) is 15.9 Å². The van der Waals surface area contributed by atoms with E-state index in [-0.39, 0.29) is 29.6 Å². The molecule has 0 aliphatic rings. The number of hydrogen-bond donors (Lipinski definition) is 2. The van der Waals surface area contributed by atoms with E-state index in [4.69, 9.17) is 5.73 Å². The number of nitrogens with zero attached hydrogens (tertiary/aromatic N) is 11. The van der Waals surface area contributed by atoms with Gasteiger partial charge in [-0.15, -0.1) is 5.10 Å². The molecule has 0 aliphatic heterocycles. The van der Waals surface area contributed by atoms with Crippen LogP contribution in [0.2, 0.25) is 0 Å². The predicted octanol–water partition coefficient (Wildman–Crippen LogP) is -0.400. The van der Waals surface area contributed by atoms with Crippen molar-refractivity contribution in [2.45, 2.75) is 13.5 Å². The third kappa shape index (κ3) is 3.97. The molecule has 4 rings (SSSR count). The van der Waals surface area contributed by atoms with Crippen LogP contribution in [0.3, 0.4) is 0 Å². The number of nitrogens with two attached hydrogens (primary N) is 1. The first-order valence-corrected chi connectivity index (χ1v) is 8.79. The second kappa shape index (κ2) is 8.34. The Labute approximate surface area is 177 Å². The number of hydrogen-bond acceptors (Lipinski definition) is 13. The summed E-state index contributed by atoms with van der Waals surface area (Å²) in [5, 5.41) is 40.2. The van der Waals surface area contributed by atoms with Crippen LogP contribution in [0.4, 0.5) is 11.8 Å². The molecule has 32 heavy (non-hydrogen) atoms. The minimum Gasteiger partial charge on any atom is -0.390 e. The van der Waals surface area contributed by atoms with Crippen LogP contribution in [0, 0.1) is 10.1 Å². The van der Waals surface area contributed by atoms with E-state index in [1.54, 1.807) is 31.2 Å². The molecule has 0 aliphatic carbocycles. The number of nitro groups is 1. The molecular weight excluding hydrogens is 426 g/mol. The van der Waals surface area contributed by atoms with E-state index < -0.39 is 16.8 Å². The van der Waals surface area contributed by atoms with Gasteiger partial charge in [-0.1, -0.05) is 40.3 Å². The molecule has 4 aromatic rings. The normalized spacial score (nSPS) is 11.5. The summed E-state index contributed by atoms with van der Waals surface area (Å²) in [6.07, 6.45) is 0. The van der Waals surface area contributed by atoms with E-state index in [9.17, 15) is 14.9 Å². The lowest BCUT2D eigenvalue weighted by Crippen LogP contribution is -2.24. The van der Waals surface area contributed by atoms with Crippen molar-refractivity contribution in [3.05, 3.63) is 46.1 Å². The first-order chi connectivity index (χ1) is 15.4. The van der Waals surface area contributed by atoms with Gasteiger partial charge in [0, 0.05) is 10.8 Å². The smallest absolute Gasteiger partial charge is 0.390 e. The van der Waals surface area contributed by atoms with Gasteiger partial charge in [0.25, 0.3) is 5.91 Å². The zero-order valence-corrected chi connectivity index (χ0v) is 16.2. The summed E-state index contributed by atoms with van der Waals surface area (Å²) in [5.74, 6) is -1.46. The molecule has 0 bridgehead atoms. The van der Waals surface area contributed by atoms with Crippen LogP contribution < -0.4 is 11.2 Å². The Morgan fingerprint density at radius 3 is 2.69 bits per heavy atom. The molecule has 3 aromatic heterocycles. The highest BCUT2D eigenvalue weighted by atomic mass is 16.6. The molecular formula is C15H13N13O4. The number of hydrazone groups is 1. The van der Waals surface area contributed by atoms with E-state index >= 15 is 0 Å². The highest BCUT2D eigenvalue weighted by molar-refractivity contribution is 5.99. The Hall–Kier alpha value is -5.09. The quantitative estimate of drug-likeness (QED) is 0.213. The Bertz CT molecular complexity index is 1310. The van der Waals surface area contributed by atoms with Crippen molar-refractivity contribution in [1.29, 1.82) is 0 Å². The van der Waals surface area contributed by atoms with Gasteiger partial charge >= 0.3 is 5.95 Å². The summed E-state index contributed by atoms with van der Waals surface area (Å²) in [6, 6.07) is 8.84. The summed E-state index contributed by atoms with van der Waals surface area (Å²) < 4.78 is 5.67. The number of amides is 1. The third-order valence-corrected chi connectivity index (χ3v) is 3.95. The van der Waals surface area contributed by atoms with Crippen LogP contribution in [0.15, 0.2) is 40.1 Å². The van der Waals surface area contributed by atoms with Crippen LogP contribution >= 0.6 is 0 Å². The summed E-state index contributed by atoms with van der Waals surface area (Å²) >= 11 is 0. The van der Waals surface area contributed by atoms with Gasteiger partial charge in [-0.3, -0.25) is 4.79 Å². The molecule has 0 radical (unpaired) electrons. The standard InChI is InChI=1S/C15H13N13O4/c1-8(7-26-21-15(20-24-26)28(30)31)17-19-14(29)11-10(9-5-3-2-4-6-9)18-25-27(11)13-12(16)22-32-23-13/h2-6H,7H2,1H3,(H2,16,22)(H,19,29)/b17-8+. The zero-order chi connectivity index (χ0) is 22.7. The molecule has 3 N–H and O–H groups in total. The highest BCUT2D eigenvalue weighted by Gasteiger charge is 2.26. The topological polar surface area (TPSA) is 224 Å². The molecule has 17 nitrogen and oxygen atoms in total. The van der Waals surface area contributed by atoms with Crippen LogP contribution in [-0.4, -0.2) is 62.1 Å². The van der Waals surface area contributed by atoms with Crippen molar-refractivity contribution >= 4 is 23.4 Å². The van der Waals surface area contributed by atoms with Gasteiger partial charge in [-0.2, -0.15) is 9.78 Å². The lowest BCUT2D eigenvalue weighted by molar-refractivity contribution is -0.394. The Balaban J connectivity index is 1.62. The number of anilines is 1. The van der Waals surface area contributed by atoms with Gasteiger partial charge in [0.15, 0.2) is 5.69 Å². The number of rotatable bonds is 7. The van der Waals surface area contributed by atoms with Gasteiger partial charge < -0.3 is 15.8 Å². The van der Waals surface area contributed by atoms with Gasteiger partial charge in [-0.25, -0.2) is 10.1 Å². The van der Waals surface area contributed by atoms with Crippen molar-refractivity contribution in [1.82, 2.24) is 50.9 Å². The number of nitrogen functional groups attached to an aromatic ring is 1. The van der Waals surface area contributed by atoms with Gasteiger partial charge in [0.1, 0.15) is 12.2 Å². The number of tetrazole rings is 1. The number of carbonyl (C=O) groups is 1. The minimum absolute atomic E-state index is 0.0235. The van der Waals surface area contributed by atoms with E-state index in [2.05, 4.69) is 51.2 Å². The Morgan fingerprint density at radius 2 is 2.03 bits per heavy atom. The third-order valence-electron chi connectivity index (χ3n) is 3.95. The van der Waals surface area contributed by atoms with E-state index in [1.807, 2.05) is 6.07 Å². The molecule has 0 spiro atoms. The van der Waals surface area contributed by atoms with Crippen molar-refractivity contribution in [3.63, 3.8) is 0 Å². The number of carbonyl (C=O) groups excluding carboxylic acids is 1. The SMILES string of the molecule is C/C(Cn1nnc([N+](=O)[O-])n1)=N\NC(=O)c1c(-c2ccccc2)nnn1-c1nonc1N. The van der Waals surface area contributed by atoms with Gasteiger partial charge in [-0.05, 0) is 22.2 Å². The Kier molecular flexibility index (Phi) is 5.26. The van der Waals surface area contributed by atoms with E-state index in [1.165, 1.54) is 0 Å². The lowest BCUT2D eigenvalue weighted by atomic mass is 10.1. The lowest BCUT2D eigenvalue weighted by Gasteiger charge is -2.05. The molecule has 0 fully saturated rings. The molecule has 17 heteroatoms. The predicted molar refractivity (Wildman–Crippen MR) is 104 cm³/mol. The van der Waals surface area contributed by atoms with Crippen LogP contribution in [0.25, 0.3) is 17.1 Å². The Morgan fingerprint density at radius 1 is 1.25 bits per heavy atom. The number of benzene rings is 1. The average molecular weight is 439 g/mol. The molecule has 0 saturated carbocycles. The summed E-state index contributed by atoms with van der Waals surface area (Å²) in [7, 11) is 0. The zero-order valence-electron chi connectivity index (χ0n) is 16.2. The molecule has 3 heterocycles. The fourth-order valence-corrected chi connectivity index (χ4v) is 2.58. The summed E-state index contributed by atoms with van der Waals surface area (Å²) in [4.78, 5) is 23.8. The maximum absolute atomic E-state index is 13.0.